The highest BCUT2D eigenvalue weighted by atomic mass is 16.2. The highest BCUT2D eigenvalue weighted by molar-refractivity contribution is 6.11. The van der Waals surface area contributed by atoms with E-state index in [-0.39, 0.29) is 30.6 Å². The second kappa shape index (κ2) is 4.02. The number of aryl methyl sites for hydroxylation is 1. The topological polar surface area (TPSA) is 54.5 Å². The number of carbonyl (C=O) groups is 3. The first kappa shape index (κ1) is 12.1. The normalized spacial score (nSPS) is 25.2. The van der Waals surface area contributed by atoms with E-state index in [4.69, 9.17) is 0 Å². The van der Waals surface area contributed by atoms with Crippen LogP contribution in [0.25, 0.3) is 0 Å². The smallest absolute Gasteiger partial charge is 0.240 e. The van der Waals surface area contributed by atoms with Gasteiger partial charge < -0.3 is 0 Å². The Morgan fingerprint density at radius 2 is 2.05 bits per heavy atom. The summed E-state index contributed by atoms with van der Waals surface area (Å²) >= 11 is 0. The number of rotatable bonds is 2. The molecule has 2 amide bonds. The van der Waals surface area contributed by atoms with Crippen molar-refractivity contribution >= 4 is 17.6 Å². The Morgan fingerprint density at radius 3 is 2.79 bits per heavy atom. The largest absolute Gasteiger partial charge is 0.298 e. The molecule has 1 fully saturated rings. The van der Waals surface area contributed by atoms with Crippen LogP contribution in [0.15, 0.2) is 24.3 Å². The van der Waals surface area contributed by atoms with Crippen LogP contribution in [-0.2, 0) is 26.2 Å². The van der Waals surface area contributed by atoms with Gasteiger partial charge in [-0.1, -0.05) is 24.3 Å². The van der Waals surface area contributed by atoms with Gasteiger partial charge >= 0.3 is 0 Å². The summed E-state index contributed by atoms with van der Waals surface area (Å²) in [5.41, 5.74) is 1.41. The first-order chi connectivity index (χ1) is 9.04. The van der Waals surface area contributed by atoms with Gasteiger partial charge in [-0.3, -0.25) is 19.3 Å². The number of benzene rings is 1. The number of likely N-dealkylation sites (tertiary alicyclic amines) is 1. The molecular weight excluding hydrogens is 242 g/mol. The van der Waals surface area contributed by atoms with Crippen molar-refractivity contribution in [3.8, 4) is 0 Å². The summed E-state index contributed by atoms with van der Waals surface area (Å²) in [5.74, 6) is -0.584. The molecule has 3 rings (SSSR count). The van der Waals surface area contributed by atoms with Crippen LogP contribution < -0.4 is 0 Å². The van der Waals surface area contributed by atoms with Gasteiger partial charge in [0.2, 0.25) is 11.8 Å². The fraction of sp³-hybridized carbons (Fsp3) is 0.400. The van der Waals surface area contributed by atoms with Crippen LogP contribution in [-0.4, -0.2) is 29.0 Å². The number of nitrogens with zero attached hydrogens (tertiary/aromatic N) is 1. The van der Waals surface area contributed by atoms with Gasteiger partial charge in [0.25, 0.3) is 0 Å². The number of hydrogen-bond donors (Lipinski definition) is 0. The fourth-order valence-electron chi connectivity index (χ4n) is 3.28. The average molecular weight is 257 g/mol. The fourth-order valence-corrected chi connectivity index (χ4v) is 3.28. The third kappa shape index (κ3) is 1.63. The summed E-state index contributed by atoms with van der Waals surface area (Å²) in [6.45, 7) is 1.30. The van der Waals surface area contributed by atoms with Crippen LogP contribution in [0.1, 0.15) is 30.9 Å². The van der Waals surface area contributed by atoms with Crippen LogP contribution in [0.4, 0.5) is 0 Å². The molecule has 1 spiro atoms. The second-order valence-corrected chi connectivity index (χ2v) is 5.40. The molecule has 98 valence electrons. The van der Waals surface area contributed by atoms with E-state index in [0.29, 0.717) is 6.42 Å². The second-order valence-electron chi connectivity index (χ2n) is 5.40. The van der Waals surface area contributed by atoms with E-state index in [2.05, 4.69) is 0 Å². The maximum atomic E-state index is 12.6. The summed E-state index contributed by atoms with van der Waals surface area (Å²) < 4.78 is 0. The number of carbonyl (C=O) groups excluding carboxylic acids is 3. The minimum absolute atomic E-state index is 0.0957. The molecule has 19 heavy (non-hydrogen) atoms. The number of ketones is 1. The van der Waals surface area contributed by atoms with Crippen LogP contribution in [0.2, 0.25) is 0 Å². The van der Waals surface area contributed by atoms with Gasteiger partial charge in [0.1, 0.15) is 5.78 Å². The maximum absolute atomic E-state index is 12.6. The Balaban J connectivity index is 2.02. The number of amides is 2. The van der Waals surface area contributed by atoms with Crippen molar-refractivity contribution in [2.24, 2.45) is 0 Å². The van der Waals surface area contributed by atoms with Gasteiger partial charge in [-0.2, -0.15) is 0 Å². The predicted molar refractivity (Wildman–Crippen MR) is 68.5 cm³/mol. The van der Waals surface area contributed by atoms with Crippen LogP contribution in [0.5, 0.6) is 0 Å². The summed E-state index contributed by atoms with van der Waals surface area (Å²) in [7, 11) is 0. The van der Waals surface area contributed by atoms with Crippen molar-refractivity contribution < 1.29 is 14.4 Å². The lowest BCUT2D eigenvalue weighted by Gasteiger charge is -2.22. The molecule has 0 bridgehead atoms. The molecule has 0 saturated carbocycles. The Labute approximate surface area is 111 Å². The lowest BCUT2D eigenvalue weighted by molar-refractivity contribution is -0.142. The van der Waals surface area contributed by atoms with E-state index in [1.165, 1.54) is 6.92 Å². The summed E-state index contributed by atoms with van der Waals surface area (Å²) in [4.78, 5) is 37.0. The quantitative estimate of drug-likeness (QED) is 0.748. The highest BCUT2D eigenvalue weighted by Gasteiger charge is 2.55. The third-order valence-corrected chi connectivity index (χ3v) is 4.14. The molecule has 1 atom stereocenters. The van der Waals surface area contributed by atoms with Gasteiger partial charge in [-0.15, -0.1) is 0 Å². The van der Waals surface area contributed by atoms with E-state index in [1.807, 2.05) is 24.3 Å². The van der Waals surface area contributed by atoms with Crippen LogP contribution >= 0.6 is 0 Å². The molecule has 1 aromatic rings. The summed E-state index contributed by atoms with van der Waals surface area (Å²) in [5, 5.41) is 0. The lowest BCUT2D eigenvalue weighted by Crippen LogP contribution is -2.39. The minimum Gasteiger partial charge on any atom is -0.298 e. The molecule has 1 unspecified atom stereocenters. The Kier molecular flexibility index (Phi) is 2.55. The van der Waals surface area contributed by atoms with Crippen LogP contribution in [0.3, 0.4) is 0 Å². The molecule has 1 aliphatic heterocycles. The Morgan fingerprint density at radius 1 is 1.32 bits per heavy atom. The first-order valence-electron chi connectivity index (χ1n) is 6.47. The molecule has 4 nitrogen and oxygen atoms in total. The van der Waals surface area contributed by atoms with Gasteiger partial charge in [0.05, 0.1) is 12.0 Å². The standard InChI is InChI=1S/C15H15NO3/c1-10(17)9-16-13(18)8-15(14(16)19)7-6-11-4-2-3-5-12(11)15/h2-5H,6-9H2,1H3. The number of hydrogen-bond acceptors (Lipinski definition) is 3. The van der Waals surface area contributed by atoms with E-state index in [9.17, 15) is 14.4 Å². The van der Waals surface area contributed by atoms with Crippen molar-refractivity contribution in [3.05, 3.63) is 35.4 Å². The van der Waals surface area contributed by atoms with E-state index >= 15 is 0 Å². The van der Waals surface area contributed by atoms with Gasteiger partial charge in [-0.05, 0) is 30.9 Å². The minimum atomic E-state index is -0.705. The van der Waals surface area contributed by atoms with Crippen molar-refractivity contribution in [1.29, 1.82) is 0 Å². The predicted octanol–water partition coefficient (Wildman–Crippen LogP) is 1.22. The SMILES string of the molecule is CC(=O)CN1C(=O)CC2(CCc3ccccc32)C1=O. The molecule has 4 heteroatoms. The monoisotopic (exact) mass is 257 g/mol. The molecular formula is C15H15NO3. The Hall–Kier alpha value is -1.97. The molecule has 1 heterocycles. The van der Waals surface area contributed by atoms with Crippen molar-refractivity contribution in [3.63, 3.8) is 0 Å². The molecule has 0 aromatic heterocycles. The Bertz CT molecular complexity index is 593. The van der Waals surface area contributed by atoms with E-state index < -0.39 is 5.41 Å². The van der Waals surface area contributed by atoms with Gasteiger partial charge in [-0.25, -0.2) is 0 Å². The molecule has 2 aliphatic rings. The molecule has 1 aliphatic carbocycles. The van der Waals surface area contributed by atoms with Crippen LogP contribution in [0, 0.1) is 0 Å². The molecule has 1 saturated heterocycles. The zero-order chi connectivity index (χ0) is 13.6. The number of Topliss-reactive ketones (excluding diaryl/α,β-unsaturated/α-hetero) is 1. The number of fused-ring (bicyclic) bond motifs is 2. The summed E-state index contributed by atoms with van der Waals surface area (Å²) in [6.07, 6.45) is 1.70. The molecule has 0 radical (unpaired) electrons. The van der Waals surface area contributed by atoms with Crippen molar-refractivity contribution in [1.82, 2.24) is 4.90 Å². The highest BCUT2D eigenvalue weighted by Crippen LogP contribution is 2.46. The zero-order valence-electron chi connectivity index (χ0n) is 10.8. The van der Waals surface area contributed by atoms with Crippen molar-refractivity contribution in [2.75, 3.05) is 6.54 Å². The van der Waals surface area contributed by atoms with E-state index in [1.54, 1.807) is 0 Å². The molecule has 0 N–H and O–H groups in total. The lowest BCUT2D eigenvalue weighted by atomic mass is 9.80. The average Bonchev–Trinajstić information content (AvgIpc) is 2.85. The summed E-state index contributed by atoms with van der Waals surface area (Å²) in [6, 6.07) is 7.80. The first-order valence-corrected chi connectivity index (χ1v) is 6.47. The molecule has 1 aromatic carbocycles. The zero-order valence-corrected chi connectivity index (χ0v) is 10.8. The third-order valence-electron chi connectivity index (χ3n) is 4.14. The van der Waals surface area contributed by atoms with Gasteiger partial charge in [0, 0.05) is 6.42 Å². The van der Waals surface area contributed by atoms with Crippen molar-refractivity contribution in [2.45, 2.75) is 31.6 Å². The van der Waals surface area contributed by atoms with E-state index in [0.717, 1.165) is 22.4 Å². The number of imide groups is 1. The van der Waals surface area contributed by atoms with Gasteiger partial charge in [0.15, 0.2) is 0 Å². The maximum Gasteiger partial charge on any atom is 0.240 e.